The van der Waals surface area contributed by atoms with Crippen molar-refractivity contribution in [1.82, 2.24) is 10.6 Å². The molecule has 1 aliphatic heterocycles. The lowest BCUT2D eigenvalue weighted by atomic mass is 10.3. The first-order valence-corrected chi connectivity index (χ1v) is 8.57. The number of nitrogens with one attached hydrogen (secondary N) is 2. The van der Waals surface area contributed by atoms with Gasteiger partial charge in [-0.2, -0.15) is 0 Å². The summed E-state index contributed by atoms with van der Waals surface area (Å²) in [4.78, 5) is 7.00. The van der Waals surface area contributed by atoms with Crippen molar-refractivity contribution in [3.63, 3.8) is 0 Å². The first kappa shape index (κ1) is 16.1. The molecule has 1 aromatic carbocycles. The number of benzene rings is 1. The van der Waals surface area contributed by atoms with Crippen LogP contribution in [0.15, 0.2) is 33.7 Å². The average Bonchev–Trinajstić information content (AvgIpc) is 2.94. The fourth-order valence-electron chi connectivity index (χ4n) is 2.50. The van der Waals surface area contributed by atoms with Crippen LogP contribution in [0.5, 0.6) is 0 Å². The van der Waals surface area contributed by atoms with Crippen LogP contribution in [-0.4, -0.2) is 38.2 Å². The second kappa shape index (κ2) is 8.27. The van der Waals surface area contributed by atoms with Gasteiger partial charge in [-0.25, -0.2) is 0 Å². The van der Waals surface area contributed by atoms with Gasteiger partial charge in [0.25, 0.3) is 0 Å². The first-order chi connectivity index (χ1) is 10.2. The van der Waals surface area contributed by atoms with E-state index in [-0.39, 0.29) is 0 Å². The molecular formula is C16H25BrN4. The molecular weight excluding hydrogens is 328 g/mol. The van der Waals surface area contributed by atoms with Crippen LogP contribution in [-0.2, 0) is 0 Å². The lowest BCUT2D eigenvalue weighted by Crippen LogP contribution is -2.44. The Labute approximate surface area is 136 Å². The molecule has 5 heteroatoms. The molecule has 0 saturated carbocycles. The maximum Gasteiger partial charge on any atom is 0.191 e. The fourth-order valence-corrected chi connectivity index (χ4v) is 2.77. The SMILES string of the molecule is CCCN=C(NCC)NC1CCN(c2ccc(Br)cc2)C1. The monoisotopic (exact) mass is 352 g/mol. The van der Waals surface area contributed by atoms with E-state index in [0.717, 1.165) is 49.5 Å². The molecule has 0 amide bonds. The largest absolute Gasteiger partial charge is 0.369 e. The number of hydrogen-bond acceptors (Lipinski definition) is 2. The van der Waals surface area contributed by atoms with Gasteiger partial charge < -0.3 is 15.5 Å². The van der Waals surface area contributed by atoms with E-state index in [9.17, 15) is 0 Å². The van der Waals surface area contributed by atoms with Gasteiger partial charge in [0.05, 0.1) is 0 Å². The van der Waals surface area contributed by atoms with Gasteiger partial charge in [0, 0.05) is 42.4 Å². The average molecular weight is 353 g/mol. The number of nitrogens with zero attached hydrogens (tertiary/aromatic N) is 2. The van der Waals surface area contributed by atoms with Gasteiger partial charge in [0.1, 0.15) is 0 Å². The predicted molar refractivity (Wildman–Crippen MR) is 94.2 cm³/mol. The number of guanidine groups is 1. The minimum absolute atomic E-state index is 0.461. The molecule has 2 rings (SSSR count). The zero-order chi connectivity index (χ0) is 15.1. The summed E-state index contributed by atoms with van der Waals surface area (Å²) in [6.07, 6.45) is 2.22. The molecule has 0 radical (unpaired) electrons. The summed E-state index contributed by atoms with van der Waals surface area (Å²) in [5.74, 6) is 0.946. The lowest BCUT2D eigenvalue weighted by molar-refractivity contribution is 0.648. The molecule has 1 heterocycles. The third-order valence-electron chi connectivity index (χ3n) is 3.56. The summed E-state index contributed by atoms with van der Waals surface area (Å²) < 4.78 is 1.13. The maximum atomic E-state index is 4.57. The van der Waals surface area contributed by atoms with Crippen molar-refractivity contribution in [3.8, 4) is 0 Å². The van der Waals surface area contributed by atoms with Crippen molar-refractivity contribution in [3.05, 3.63) is 28.7 Å². The fraction of sp³-hybridized carbons (Fsp3) is 0.562. The lowest BCUT2D eigenvalue weighted by Gasteiger charge is -2.20. The summed E-state index contributed by atoms with van der Waals surface area (Å²) in [7, 11) is 0. The van der Waals surface area contributed by atoms with Crippen molar-refractivity contribution in [1.29, 1.82) is 0 Å². The third kappa shape index (κ3) is 4.92. The topological polar surface area (TPSA) is 39.7 Å². The molecule has 4 nitrogen and oxygen atoms in total. The van der Waals surface area contributed by atoms with E-state index in [1.54, 1.807) is 0 Å². The number of rotatable bonds is 5. The van der Waals surface area contributed by atoms with Gasteiger partial charge in [-0.05, 0) is 44.0 Å². The highest BCUT2D eigenvalue weighted by Gasteiger charge is 2.23. The van der Waals surface area contributed by atoms with E-state index >= 15 is 0 Å². The highest BCUT2D eigenvalue weighted by atomic mass is 79.9. The molecule has 1 saturated heterocycles. The minimum atomic E-state index is 0.461. The van der Waals surface area contributed by atoms with Crippen LogP contribution in [0.25, 0.3) is 0 Å². The van der Waals surface area contributed by atoms with Crippen LogP contribution in [0.1, 0.15) is 26.7 Å². The van der Waals surface area contributed by atoms with Crippen LogP contribution in [0, 0.1) is 0 Å². The number of hydrogen-bond donors (Lipinski definition) is 2. The van der Waals surface area contributed by atoms with Gasteiger partial charge in [-0.1, -0.05) is 22.9 Å². The Bertz CT molecular complexity index is 458. The van der Waals surface area contributed by atoms with Crippen LogP contribution in [0.4, 0.5) is 5.69 Å². The van der Waals surface area contributed by atoms with Crippen molar-refractivity contribution in [2.75, 3.05) is 31.1 Å². The van der Waals surface area contributed by atoms with Crippen LogP contribution in [0.3, 0.4) is 0 Å². The minimum Gasteiger partial charge on any atom is -0.369 e. The molecule has 0 bridgehead atoms. The molecule has 1 unspecified atom stereocenters. The Morgan fingerprint density at radius 2 is 2.10 bits per heavy atom. The Morgan fingerprint density at radius 3 is 2.76 bits per heavy atom. The van der Waals surface area contributed by atoms with E-state index in [1.807, 2.05) is 0 Å². The number of anilines is 1. The summed E-state index contributed by atoms with van der Waals surface area (Å²) in [5.41, 5.74) is 1.29. The molecule has 0 spiro atoms. The summed E-state index contributed by atoms with van der Waals surface area (Å²) in [6.45, 7) is 8.14. The first-order valence-electron chi connectivity index (χ1n) is 7.78. The molecule has 116 valence electrons. The van der Waals surface area contributed by atoms with E-state index in [4.69, 9.17) is 0 Å². The molecule has 1 fully saturated rings. The Balaban J connectivity index is 1.90. The van der Waals surface area contributed by atoms with Crippen molar-refractivity contribution >= 4 is 27.6 Å². The van der Waals surface area contributed by atoms with Gasteiger partial charge in [0.15, 0.2) is 5.96 Å². The second-order valence-electron chi connectivity index (χ2n) is 5.31. The molecule has 1 atom stereocenters. The quantitative estimate of drug-likeness (QED) is 0.632. The van der Waals surface area contributed by atoms with Crippen molar-refractivity contribution in [2.24, 2.45) is 4.99 Å². The number of halogens is 1. The van der Waals surface area contributed by atoms with Gasteiger partial charge in [-0.15, -0.1) is 0 Å². The van der Waals surface area contributed by atoms with E-state index in [2.05, 4.69) is 74.6 Å². The standard InChI is InChI=1S/C16H25BrN4/c1-3-10-19-16(18-4-2)20-14-9-11-21(12-14)15-7-5-13(17)6-8-15/h5-8,14H,3-4,9-12H2,1-2H3,(H2,18,19,20). The predicted octanol–water partition coefficient (Wildman–Crippen LogP) is 2.99. The summed E-state index contributed by atoms with van der Waals surface area (Å²) >= 11 is 3.49. The van der Waals surface area contributed by atoms with E-state index < -0.39 is 0 Å². The highest BCUT2D eigenvalue weighted by molar-refractivity contribution is 9.10. The second-order valence-corrected chi connectivity index (χ2v) is 6.23. The normalized spacial score (nSPS) is 18.9. The molecule has 1 aromatic rings. The summed E-state index contributed by atoms with van der Waals surface area (Å²) in [6, 6.07) is 9.00. The van der Waals surface area contributed by atoms with Crippen molar-refractivity contribution in [2.45, 2.75) is 32.7 Å². The van der Waals surface area contributed by atoms with Gasteiger partial charge >= 0.3 is 0 Å². The van der Waals surface area contributed by atoms with E-state index in [1.165, 1.54) is 5.69 Å². The smallest absolute Gasteiger partial charge is 0.191 e. The van der Waals surface area contributed by atoms with Gasteiger partial charge in [-0.3, -0.25) is 4.99 Å². The summed E-state index contributed by atoms with van der Waals surface area (Å²) in [5, 5.41) is 6.87. The zero-order valence-corrected chi connectivity index (χ0v) is 14.5. The molecule has 21 heavy (non-hydrogen) atoms. The number of aliphatic imine (C=N–C) groups is 1. The van der Waals surface area contributed by atoms with E-state index in [0.29, 0.717) is 6.04 Å². The van der Waals surface area contributed by atoms with Crippen LogP contribution in [0.2, 0.25) is 0 Å². The molecule has 2 N–H and O–H groups in total. The van der Waals surface area contributed by atoms with Crippen molar-refractivity contribution < 1.29 is 0 Å². The van der Waals surface area contributed by atoms with Crippen LogP contribution < -0.4 is 15.5 Å². The molecule has 0 aliphatic carbocycles. The maximum absolute atomic E-state index is 4.57. The van der Waals surface area contributed by atoms with Crippen LogP contribution >= 0.6 is 15.9 Å². The van der Waals surface area contributed by atoms with Gasteiger partial charge in [0.2, 0.25) is 0 Å². The zero-order valence-electron chi connectivity index (χ0n) is 12.9. The molecule has 0 aromatic heterocycles. The molecule has 1 aliphatic rings. The third-order valence-corrected chi connectivity index (χ3v) is 4.09. The Kier molecular flexibility index (Phi) is 6.36. The Hall–Kier alpha value is -1.23. The Morgan fingerprint density at radius 1 is 1.33 bits per heavy atom. The highest BCUT2D eigenvalue weighted by Crippen LogP contribution is 2.22.